The number of ether oxygens (including phenoxy) is 1. The van der Waals surface area contributed by atoms with E-state index in [-0.39, 0.29) is 10.6 Å². The van der Waals surface area contributed by atoms with Crippen LogP contribution in [0.5, 0.6) is 0 Å². The summed E-state index contributed by atoms with van der Waals surface area (Å²) in [5, 5.41) is 0.0189. The van der Waals surface area contributed by atoms with Crippen molar-refractivity contribution in [3.05, 3.63) is 17.8 Å². The van der Waals surface area contributed by atoms with Gasteiger partial charge in [-0.1, -0.05) is 0 Å². The summed E-state index contributed by atoms with van der Waals surface area (Å²) in [5.41, 5.74) is 0.203. The van der Waals surface area contributed by atoms with E-state index in [1.54, 1.807) is 0 Å². The summed E-state index contributed by atoms with van der Waals surface area (Å²) in [4.78, 5) is 11.1. The normalized spacial score (nSPS) is 11.4. The van der Waals surface area contributed by atoms with Gasteiger partial charge in [0.1, 0.15) is 0 Å². The van der Waals surface area contributed by atoms with Crippen LogP contribution in [0.3, 0.4) is 0 Å². The second kappa shape index (κ2) is 4.03. The van der Waals surface area contributed by atoms with Crippen LogP contribution in [-0.4, -0.2) is 33.1 Å². The molecule has 0 fully saturated rings. The van der Waals surface area contributed by atoms with Gasteiger partial charge in [-0.15, -0.1) is 0 Å². The fourth-order valence-electron chi connectivity index (χ4n) is 1.15. The van der Waals surface area contributed by atoms with Crippen LogP contribution in [0.1, 0.15) is 10.4 Å². The van der Waals surface area contributed by atoms with Crippen molar-refractivity contribution in [2.24, 2.45) is 7.05 Å². The zero-order valence-electron chi connectivity index (χ0n) is 8.64. The van der Waals surface area contributed by atoms with Gasteiger partial charge in [0.2, 0.25) is 0 Å². The van der Waals surface area contributed by atoms with E-state index in [4.69, 9.17) is 0 Å². The van der Waals surface area contributed by atoms with Crippen molar-refractivity contribution in [3.8, 4) is 0 Å². The molecule has 6 nitrogen and oxygen atoms in total. The lowest BCUT2D eigenvalue weighted by Crippen LogP contribution is -2.20. The molecule has 84 valence electrons. The first kappa shape index (κ1) is 11.7. The van der Waals surface area contributed by atoms with Crippen molar-refractivity contribution in [1.29, 1.82) is 0 Å². The maximum atomic E-state index is 11.5. The van der Waals surface area contributed by atoms with Crippen molar-refractivity contribution in [2.45, 2.75) is 5.03 Å². The van der Waals surface area contributed by atoms with Crippen molar-refractivity contribution in [1.82, 2.24) is 9.29 Å². The van der Waals surface area contributed by atoms with E-state index in [1.165, 1.54) is 38.0 Å². The maximum absolute atomic E-state index is 11.5. The molecule has 7 heteroatoms. The molecule has 0 saturated carbocycles. The second-order valence-corrected chi connectivity index (χ2v) is 4.71. The summed E-state index contributed by atoms with van der Waals surface area (Å²) in [6.45, 7) is 0. The molecule has 0 saturated heterocycles. The van der Waals surface area contributed by atoms with Gasteiger partial charge in [0.25, 0.3) is 10.0 Å². The average Bonchev–Trinajstić information content (AvgIpc) is 2.60. The third-order valence-corrected chi connectivity index (χ3v) is 3.42. The molecule has 15 heavy (non-hydrogen) atoms. The molecule has 0 aliphatic carbocycles. The van der Waals surface area contributed by atoms with Crippen LogP contribution in [0.4, 0.5) is 0 Å². The molecule has 0 aliphatic rings. The number of methoxy groups -OCH3 is 1. The van der Waals surface area contributed by atoms with Crippen LogP contribution >= 0.6 is 0 Å². The van der Waals surface area contributed by atoms with Gasteiger partial charge in [-0.25, -0.2) is 17.9 Å². The molecule has 0 amide bonds. The molecule has 0 atom stereocenters. The molecular formula is C8H12N2O4S. The van der Waals surface area contributed by atoms with E-state index >= 15 is 0 Å². The number of carbonyl (C=O) groups is 1. The number of nitrogens with one attached hydrogen (secondary N) is 1. The van der Waals surface area contributed by atoms with Gasteiger partial charge in [-0.05, 0) is 13.1 Å². The summed E-state index contributed by atoms with van der Waals surface area (Å²) in [6.07, 6.45) is 1.40. The Bertz CT molecular complexity index is 475. The number of rotatable bonds is 3. The van der Waals surface area contributed by atoms with Gasteiger partial charge < -0.3 is 9.30 Å². The number of aryl methyl sites for hydroxylation is 1. The Kier molecular flexibility index (Phi) is 3.15. The first-order valence-corrected chi connectivity index (χ1v) is 5.59. The van der Waals surface area contributed by atoms with Gasteiger partial charge in [-0.3, -0.25) is 0 Å². The van der Waals surface area contributed by atoms with Crippen LogP contribution < -0.4 is 4.72 Å². The minimum Gasteiger partial charge on any atom is -0.465 e. The van der Waals surface area contributed by atoms with Crippen molar-refractivity contribution in [3.63, 3.8) is 0 Å². The second-order valence-electron chi connectivity index (χ2n) is 2.88. The molecule has 0 aliphatic heterocycles. The fourth-order valence-corrected chi connectivity index (χ4v) is 2.07. The predicted molar refractivity (Wildman–Crippen MR) is 53.0 cm³/mol. The number of sulfonamides is 1. The number of hydrogen-bond acceptors (Lipinski definition) is 4. The lowest BCUT2D eigenvalue weighted by molar-refractivity contribution is 0.0600. The number of carbonyl (C=O) groups excluding carboxylic acids is 1. The van der Waals surface area contributed by atoms with Crippen molar-refractivity contribution >= 4 is 16.0 Å². The lowest BCUT2D eigenvalue weighted by atomic mass is 10.3. The Balaban J connectivity index is 3.24. The van der Waals surface area contributed by atoms with E-state index in [0.29, 0.717) is 0 Å². The number of aromatic nitrogens is 1. The number of hydrogen-bond donors (Lipinski definition) is 1. The Hall–Kier alpha value is -1.34. The summed E-state index contributed by atoms with van der Waals surface area (Å²) >= 11 is 0. The molecule has 1 aromatic rings. The summed E-state index contributed by atoms with van der Waals surface area (Å²) in [5.74, 6) is -0.567. The van der Waals surface area contributed by atoms with Gasteiger partial charge in [-0.2, -0.15) is 0 Å². The smallest absolute Gasteiger partial charge is 0.339 e. The van der Waals surface area contributed by atoms with E-state index in [2.05, 4.69) is 9.46 Å². The monoisotopic (exact) mass is 232 g/mol. The predicted octanol–water partition coefficient (Wildman–Crippen LogP) is -0.280. The average molecular weight is 232 g/mol. The molecular weight excluding hydrogens is 220 g/mol. The number of esters is 1. The highest BCUT2D eigenvalue weighted by atomic mass is 32.2. The van der Waals surface area contributed by atoms with Gasteiger partial charge in [0, 0.05) is 13.2 Å². The largest absolute Gasteiger partial charge is 0.465 e. The SMILES string of the molecule is CNS(=O)(=O)c1cc(C(=O)OC)cn1C. The Morgan fingerprint density at radius 3 is 2.60 bits per heavy atom. The first-order valence-electron chi connectivity index (χ1n) is 4.10. The Morgan fingerprint density at radius 2 is 2.13 bits per heavy atom. The van der Waals surface area contributed by atoms with Gasteiger partial charge in [0.15, 0.2) is 5.03 Å². The van der Waals surface area contributed by atoms with Crippen LogP contribution in [0.15, 0.2) is 17.3 Å². The summed E-state index contributed by atoms with van der Waals surface area (Å²) < 4.78 is 30.9. The summed E-state index contributed by atoms with van der Waals surface area (Å²) in [6, 6.07) is 1.26. The highest BCUT2D eigenvalue weighted by molar-refractivity contribution is 7.89. The molecule has 1 aromatic heterocycles. The topological polar surface area (TPSA) is 77.4 Å². The molecule has 0 spiro atoms. The zero-order valence-corrected chi connectivity index (χ0v) is 9.46. The van der Waals surface area contributed by atoms with Crippen LogP contribution in [0, 0.1) is 0 Å². The minimum absolute atomic E-state index is 0.0189. The third kappa shape index (κ3) is 2.18. The Morgan fingerprint density at radius 1 is 1.53 bits per heavy atom. The molecule has 0 unspecified atom stereocenters. The minimum atomic E-state index is -3.54. The molecule has 0 radical (unpaired) electrons. The Labute approximate surface area is 87.9 Å². The van der Waals surface area contributed by atoms with E-state index in [0.717, 1.165) is 0 Å². The molecule has 0 aromatic carbocycles. The molecule has 1 rings (SSSR count). The van der Waals surface area contributed by atoms with E-state index in [9.17, 15) is 13.2 Å². The third-order valence-electron chi connectivity index (χ3n) is 1.92. The van der Waals surface area contributed by atoms with Gasteiger partial charge >= 0.3 is 5.97 Å². The van der Waals surface area contributed by atoms with Crippen LogP contribution in [0.25, 0.3) is 0 Å². The van der Waals surface area contributed by atoms with E-state index < -0.39 is 16.0 Å². The van der Waals surface area contributed by atoms with Gasteiger partial charge in [0.05, 0.1) is 12.7 Å². The highest BCUT2D eigenvalue weighted by Crippen LogP contribution is 2.13. The first-order chi connectivity index (χ1) is 6.92. The van der Waals surface area contributed by atoms with Crippen LogP contribution in [0.2, 0.25) is 0 Å². The van der Waals surface area contributed by atoms with Crippen molar-refractivity contribution in [2.75, 3.05) is 14.2 Å². The standard InChI is InChI=1S/C8H12N2O4S/c1-9-15(12,13)7-4-6(5-10(7)2)8(11)14-3/h4-5,9H,1-3H3. The molecule has 1 N–H and O–H groups in total. The quantitative estimate of drug-likeness (QED) is 0.727. The maximum Gasteiger partial charge on any atom is 0.339 e. The lowest BCUT2D eigenvalue weighted by Gasteiger charge is -2.01. The molecule has 1 heterocycles. The van der Waals surface area contributed by atoms with Crippen molar-refractivity contribution < 1.29 is 17.9 Å². The fraction of sp³-hybridized carbons (Fsp3) is 0.375. The highest BCUT2D eigenvalue weighted by Gasteiger charge is 2.19. The van der Waals surface area contributed by atoms with E-state index in [1.807, 2.05) is 0 Å². The zero-order chi connectivity index (χ0) is 11.6. The number of nitrogens with zero attached hydrogens (tertiary/aromatic N) is 1. The molecule has 0 bridgehead atoms. The van der Waals surface area contributed by atoms with Crippen LogP contribution in [-0.2, 0) is 21.8 Å². The summed E-state index contributed by atoms with van der Waals surface area (Å²) in [7, 11) is 0.537.